The van der Waals surface area contributed by atoms with Crippen LogP contribution in [0.1, 0.15) is 56.4 Å². The van der Waals surface area contributed by atoms with E-state index in [1.807, 2.05) is 31.5 Å². The molecular weight excluding hydrogens is 499 g/mol. The summed E-state index contributed by atoms with van der Waals surface area (Å²) in [7, 11) is 0. The van der Waals surface area contributed by atoms with Crippen molar-refractivity contribution in [2.45, 2.75) is 82.4 Å². The van der Waals surface area contributed by atoms with Gasteiger partial charge in [0.15, 0.2) is 5.67 Å². The molecule has 1 aromatic carbocycles. The molecule has 1 aliphatic heterocycles. The number of rotatable bonds is 8. The standard InChI is InChI=1S/C26H33FN4O3S2/c1-15-12-17(20-16(2)29-14-36-20)7-8-18(15)13-28-22(32)19-6-5-11-31(19)23(33)21(25(3,4)35)30-24(34)26(27)9-10-26/h7-8,12,14,19,21,35H,5-6,9-11,13H2,1-4H3,(H,28,32)(H,30,34). The van der Waals surface area contributed by atoms with E-state index in [4.69, 9.17) is 0 Å². The van der Waals surface area contributed by atoms with Crippen LogP contribution in [0.15, 0.2) is 23.7 Å². The number of aryl methyl sites for hydroxylation is 2. The fourth-order valence-corrected chi connectivity index (χ4v) is 5.50. The fraction of sp³-hybridized carbons (Fsp3) is 0.538. The van der Waals surface area contributed by atoms with Crippen LogP contribution in [0.5, 0.6) is 0 Å². The van der Waals surface area contributed by atoms with Gasteiger partial charge >= 0.3 is 0 Å². The average Bonchev–Trinajstić information content (AvgIpc) is 3.20. The van der Waals surface area contributed by atoms with Crippen LogP contribution in [-0.4, -0.2) is 56.6 Å². The SMILES string of the molecule is Cc1cc(-c2scnc2C)ccc1CNC(=O)C1CCCN1C(=O)C(NC(=O)C1(F)CC1)C(C)(C)S. The summed E-state index contributed by atoms with van der Waals surface area (Å²) < 4.78 is 13.3. The number of halogens is 1. The number of nitrogens with one attached hydrogen (secondary N) is 2. The van der Waals surface area contributed by atoms with Crippen molar-refractivity contribution in [1.82, 2.24) is 20.5 Å². The zero-order valence-electron chi connectivity index (χ0n) is 21.1. The number of hydrogen-bond donors (Lipinski definition) is 3. The minimum Gasteiger partial charge on any atom is -0.350 e. The van der Waals surface area contributed by atoms with Gasteiger partial charge in [0.25, 0.3) is 5.91 Å². The highest BCUT2D eigenvalue weighted by atomic mass is 32.1. The van der Waals surface area contributed by atoms with E-state index in [0.717, 1.165) is 27.3 Å². The largest absolute Gasteiger partial charge is 0.350 e. The molecule has 1 saturated carbocycles. The summed E-state index contributed by atoms with van der Waals surface area (Å²) in [5, 5.41) is 5.54. The maximum absolute atomic E-state index is 14.3. The number of carbonyl (C=O) groups excluding carboxylic acids is 3. The predicted octanol–water partition coefficient (Wildman–Crippen LogP) is 3.73. The van der Waals surface area contributed by atoms with Crippen LogP contribution in [0.25, 0.3) is 10.4 Å². The van der Waals surface area contributed by atoms with Crippen molar-refractivity contribution in [3.05, 3.63) is 40.5 Å². The zero-order valence-corrected chi connectivity index (χ0v) is 22.8. The number of aromatic nitrogens is 1. The Labute approximate surface area is 220 Å². The number of alkyl halides is 1. The third kappa shape index (κ3) is 5.59. The molecule has 2 aliphatic rings. The molecule has 2 heterocycles. The monoisotopic (exact) mass is 532 g/mol. The highest BCUT2D eigenvalue weighted by Gasteiger charge is 2.53. The van der Waals surface area contributed by atoms with Crippen molar-refractivity contribution in [2.75, 3.05) is 6.54 Å². The first-order valence-corrected chi connectivity index (χ1v) is 13.5. The predicted molar refractivity (Wildman–Crippen MR) is 142 cm³/mol. The van der Waals surface area contributed by atoms with Crippen molar-refractivity contribution in [2.24, 2.45) is 0 Å². The second kappa shape index (κ2) is 10.1. The third-order valence-electron chi connectivity index (χ3n) is 6.97. The van der Waals surface area contributed by atoms with E-state index in [0.29, 0.717) is 25.9 Å². The van der Waals surface area contributed by atoms with Gasteiger partial charge in [0.2, 0.25) is 11.8 Å². The van der Waals surface area contributed by atoms with Gasteiger partial charge in [-0.3, -0.25) is 14.4 Å². The summed E-state index contributed by atoms with van der Waals surface area (Å²) in [6.45, 7) is 8.12. The Bertz CT molecular complexity index is 1170. The number of thiol groups is 1. The van der Waals surface area contributed by atoms with Gasteiger partial charge < -0.3 is 15.5 Å². The molecule has 2 unspecified atom stereocenters. The van der Waals surface area contributed by atoms with Gasteiger partial charge in [-0.05, 0) is 70.1 Å². The molecule has 2 fully saturated rings. The smallest absolute Gasteiger partial charge is 0.258 e. The molecule has 1 aromatic heterocycles. The average molecular weight is 533 g/mol. The lowest BCUT2D eigenvalue weighted by atomic mass is 10.00. The van der Waals surface area contributed by atoms with E-state index in [-0.39, 0.29) is 18.7 Å². The first-order valence-electron chi connectivity index (χ1n) is 12.2. The molecular formula is C26H33FN4O3S2. The van der Waals surface area contributed by atoms with Gasteiger partial charge in [0.1, 0.15) is 12.1 Å². The molecule has 0 spiro atoms. The van der Waals surface area contributed by atoms with Crippen LogP contribution < -0.4 is 10.6 Å². The first-order chi connectivity index (χ1) is 16.9. The Morgan fingerprint density at radius 1 is 1.31 bits per heavy atom. The van der Waals surface area contributed by atoms with Crippen LogP contribution in [0.3, 0.4) is 0 Å². The number of carbonyl (C=O) groups is 3. The van der Waals surface area contributed by atoms with Crippen LogP contribution in [0.2, 0.25) is 0 Å². The summed E-state index contributed by atoms with van der Waals surface area (Å²) in [5.41, 5.74) is 4.06. The maximum atomic E-state index is 14.3. The molecule has 1 saturated heterocycles. The summed E-state index contributed by atoms with van der Waals surface area (Å²) >= 11 is 6.10. The van der Waals surface area contributed by atoms with Gasteiger partial charge in [-0.15, -0.1) is 11.3 Å². The molecule has 4 rings (SSSR count). The number of benzene rings is 1. The third-order valence-corrected chi connectivity index (χ3v) is 8.20. The lowest BCUT2D eigenvalue weighted by molar-refractivity contribution is -0.142. The number of hydrogen-bond acceptors (Lipinski definition) is 6. The Kier molecular flexibility index (Phi) is 7.48. The van der Waals surface area contributed by atoms with Gasteiger partial charge in [0.05, 0.1) is 16.1 Å². The molecule has 3 amide bonds. The second-order valence-corrected chi connectivity index (χ2v) is 12.3. The molecule has 0 radical (unpaired) electrons. The molecule has 36 heavy (non-hydrogen) atoms. The molecule has 7 nitrogen and oxygen atoms in total. The summed E-state index contributed by atoms with van der Waals surface area (Å²) in [6.07, 6.45) is 1.52. The number of likely N-dealkylation sites (tertiary alicyclic amines) is 1. The molecule has 10 heteroatoms. The van der Waals surface area contributed by atoms with E-state index in [2.05, 4.69) is 34.3 Å². The van der Waals surface area contributed by atoms with E-state index in [9.17, 15) is 18.8 Å². The number of nitrogens with zero attached hydrogens (tertiary/aromatic N) is 2. The van der Waals surface area contributed by atoms with E-state index >= 15 is 0 Å². The van der Waals surface area contributed by atoms with Crippen molar-refractivity contribution in [3.63, 3.8) is 0 Å². The van der Waals surface area contributed by atoms with Gasteiger partial charge in [-0.25, -0.2) is 9.37 Å². The normalized spacial score (nSPS) is 19.6. The molecule has 2 atom stereocenters. The lowest BCUT2D eigenvalue weighted by Gasteiger charge is -2.35. The second-order valence-electron chi connectivity index (χ2n) is 10.3. The Hall–Kier alpha value is -2.46. The summed E-state index contributed by atoms with van der Waals surface area (Å²) in [5.74, 6) is -1.44. The summed E-state index contributed by atoms with van der Waals surface area (Å²) in [6, 6.07) is 4.43. The fourth-order valence-electron chi connectivity index (χ4n) is 4.52. The number of thiazole rings is 1. The van der Waals surface area contributed by atoms with Crippen molar-refractivity contribution >= 4 is 41.7 Å². The van der Waals surface area contributed by atoms with Crippen molar-refractivity contribution < 1.29 is 18.8 Å². The first kappa shape index (κ1) is 26.6. The quantitative estimate of drug-likeness (QED) is 0.452. The van der Waals surface area contributed by atoms with E-state index < -0.39 is 34.3 Å². The minimum absolute atomic E-state index is 0.158. The van der Waals surface area contributed by atoms with Gasteiger partial charge in [0, 0.05) is 17.8 Å². The highest BCUT2D eigenvalue weighted by molar-refractivity contribution is 7.81. The summed E-state index contributed by atoms with van der Waals surface area (Å²) in [4.78, 5) is 45.9. The van der Waals surface area contributed by atoms with Gasteiger partial charge in [-0.1, -0.05) is 18.2 Å². The van der Waals surface area contributed by atoms with E-state index in [1.54, 1.807) is 25.2 Å². The molecule has 2 N–H and O–H groups in total. The molecule has 0 bridgehead atoms. The molecule has 1 aliphatic carbocycles. The van der Waals surface area contributed by atoms with Crippen molar-refractivity contribution in [1.29, 1.82) is 0 Å². The van der Waals surface area contributed by atoms with Crippen LogP contribution in [0.4, 0.5) is 4.39 Å². The van der Waals surface area contributed by atoms with Crippen LogP contribution in [0, 0.1) is 13.8 Å². The lowest BCUT2D eigenvalue weighted by Crippen LogP contribution is -2.60. The van der Waals surface area contributed by atoms with Crippen molar-refractivity contribution in [3.8, 4) is 10.4 Å². The Morgan fingerprint density at radius 3 is 2.61 bits per heavy atom. The molecule has 194 valence electrons. The maximum Gasteiger partial charge on any atom is 0.258 e. The van der Waals surface area contributed by atoms with E-state index in [1.165, 1.54) is 4.90 Å². The number of amides is 3. The van der Waals surface area contributed by atoms with Crippen LogP contribution in [-0.2, 0) is 20.9 Å². The van der Waals surface area contributed by atoms with Crippen LogP contribution >= 0.6 is 24.0 Å². The highest BCUT2D eigenvalue weighted by Crippen LogP contribution is 2.40. The van der Waals surface area contributed by atoms with Gasteiger partial charge in [-0.2, -0.15) is 12.6 Å². The zero-order chi connectivity index (χ0) is 26.3. The minimum atomic E-state index is -1.90. The topological polar surface area (TPSA) is 91.4 Å². The Balaban J connectivity index is 1.42. The Morgan fingerprint density at radius 2 is 2.03 bits per heavy atom. The molecule has 2 aromatic rings.